The monoisotopic (exact) mass is 568 g/mol. The molecular formula is C27H28N4O6S2. The van der Waals surface area contributed by atoms with Crippen molar-refractivity contribution in [3.8, 4) is 16.9 Å². The van der Waals surface area contributed by atoms with Crippen LogP contribution in [0.1, 0.15) is 18.5 Å². The van der Waals surface area contributed by atoms with Crippen molar-refractivity contribution >= 4 is 42.5 Å². The maximum Gasteiger partial charge on any atom is 0.240 e. The molecule has 12 heteroatoms. The molecule has 1 fully saturated rings. The number of pyridine rings is 1. The van der Waals surface area contributed by atoms with Gasteiger partial charge in [0.05, 0.1) is 29.9 Å². The zero-order chi connectivity index (χ0) is 27.6. The van der Waals surface area contributed by atoms with Crippen LogP contribution in [-0.2, 0) is 31.1 Å². The first kappa shape index (κ1) is 26.9. The Bertz CT molecular complexity index is 1720. The van der Waals surface area contributed by atoms with Gasteiger partial charge in [0.2, 0.25) is 15.9 Å². The molecule has 0 aliphatic carbocycles. The lowest BCUT2D eigenvalue weighted by molar-refractivity contribution is -0.115. The van der Waals surface area contributed by atoms with Crippen molar-refractivity contribution in [1.82, 2.24) is 14.7 Å². The summed E-state index contributed by atoms with van der Waals surface area (Å²) >= 11 is 0. The number of ether oxygens (including phenoxy) is 1. The van der Waals surface area contributed by atoms with E-state index in [1.54, 1.807) is 49.7 Å². The zero-order valence-corrected chi connectivity index (χ0v) is 22.8. The molecule has 3 heterocycles. The van der Waals surface area contributed by atoms with Crippen LogP contribution >= 0.6 is 0 Å². The average Bonchev–Trinajstić information content (AvgIpc) is 3.32. The van der Waals surface area contributed by atoms with Gasteiger partial charge in [-0.15, -0.1) is 0 Å². The fraction of sp³-hybridized carbons (Fsp3) is 0.259. The van der Waals surface area contributed by atoms with E-state index in [1.807, 2.05) is 12.1 Å². The van der Waals surface area contributed by atoms with Crippen molar-refractivity contribution in [2.75, 3.05) is 23.9 Å². The molecule has 5 rings (SSSR count). The van der Waals surface area contributed by atoms with E-state index in [4.69, 9.17) is 4.74 Å². The molecule has 0 radical (unpaired) electrons. The molecule has 10 nitrogen and oxygen atoms in total. The number of aromatic amines is 1. The molecule has 0 spiro atoms. The highest BCUT2D eigenvalue weighted by molar-refractivity contribution is 7.91. The molecular weight excluding hydrogens is 540 g/mol. The lowest BCUT2D eigenvalue weighted by atomic mass is 10.0. The van der Waals surface area contributed by atoms with E-state index in [0.29, 0.717) is 22.8 Å². The predicted octanol–water partition coefficient (Wildman–Crippen LogP) is 3.28. The van der Waals surface area contributed by atoms with Gasteiger partial charge >= 0.3 is 0 Å². The van der Waals surface area contributed by atoms with Crippen molar-refractivity contribution in [2.45, 2.75) is 30.2 Å². The highest BCUT2D eigenvalue weighted by atomic mass is 32.2. The summed E-state index contributed by atoms with van der Waals surface area (Å²) in [6, 6.07) is 16.9. The third kappa shape index (κ3) is 6.29. The molecule has 1 saturated heterocycles. The Morgan fingerprint density at radius 3 is 2.54 bits per heavy atom. The number of benzene rings is 2. The summed E-state index contributed by atoms with van der Waals surface area (Å²) in [6.45, 7) is 0. The predicted molar refractivity (Wildman–Crippen MR) is 149 cm³/mol. The van der Waals surface area contributed by atoms with E-state index in [9.17, 15) is 21.6 Å². The van der Waals surface area contributed by atoms with Crippen LogP contribution in [0.15, 0.2) is 71.8 Å². The van der Waals surface area contributed by atoms with Crippen LogP contribution in [0.3, 0.4) is 0 Å². The van der Waals surface area contributed by atoms with Gasteiger partial charge in [-0.25, -0.2) is 26.5 Å². The second kappa shape index (κ2) is 10.8. The molecule has 0 atom stereocenters. The van der Waals surface area contributed by atoms with Gasteiger partial charge in [0.1, 0.15) is 21.2 Å². The van der Waals surface area contributed by atoms with Gasteiger partial charge in [-0.1, -0.05) is 18.2 Å². The first-order valence-electron chi connectivity index (χ1n) is 12.4. The summed E-state index contributed by atoms with van der Waals surface area (Å²) in [6.07, 6.45) is 2.29. The Hall–Kier alpha value is -3.74. The van der Waals surface area contributed by atoms with Crippen molar-refractivity contribution in [1.29, 1.82) is 0 Å². The quantitative estimate of drug-likeness (QED) is 0.296. The minimum absolute atomic E-state index is 0.0154. The topological polar surface area (TPSA) is 147 Å². The Morgan fingerprint density at radius 2 is 1.82 bits per heavy atom. The molecule has 1 amide bonds. The third-order valence-corrected chi connectivity index (χ3v) is 9.90. The molecule has 2 aromatic carbocycles. The lowest BCUT2D eigenvalue weighted by Gasteiger charge is -2.22. The standard InChI is InChI=1S/C27H28N4O6S2/c1-37-22-4-2-3-20(15-22)29-26(32)17-21-16-25-24(9-12-28-27(25)30-21)18-5-7-23(8-6-18)39(35,36)31-19-10-13-38(33,34)14-11-19/h2-9,12,15-16,19,31H,10-11,13-14,17H2,1H3,(H,28,30)(H,29,32). The first-order valence-corrected chi connectivity index (χ1v) is 15.7. The molecule has 1 aliphatic heterocycles. The molecule has 0 saturated carbocycles. The smallest absolute Gasteiger partial charge is 0.240 e. The van der Waals surface area contributed by atoms with Crippen LogP contribution in [-0.4, -0.2) is 57.4 Å². The summed E-state index contributed by atoms with van der Waals surface area (Å²) in [4.78, 5) is 20.3. The van der Waals surface area contributed by atoms with Crippen LogP contribution in [0, 0.1) is 0 Å². The van der Waals surface area contributed by atoms with Crippen molar-refractivity contribution < 1.29 is 26.4 Å². The fourth-order valence-electron chi connectivity index (χ4n) is 4.62. The number of hydrogen-bond acceptors (Lipinski definition) is 7. The van der Waals surface area contributed by atoms with E-state index < -0.39 is 25.9 Å². The van der Waals surface area contributed by atoms with E-state index in [2.05, 4.69) is 20.0 Å². The second-order valence-electron chi connectivity index (χ2n) is 9.44. The molecule has 2 aromatic heterocycles. The van der Waals surface area contributed by atoms with Gasteiger partial charge in [0, 0.05) is 35.1 Å². The molecule has 1 aliphatic rings. The number of sulfonamides is 1. The normalized spacial score (nSPS) is 15.7. The number of carbonyl (C=O) groups is 1. The maximum atomic E-state index is 12.9. The number of fused-ring (bicyclic) bond motifs is 1. The van der Waals surface area contributed by atoms with Crippen molar-refractivity contribution in [3.63, 3.8) is 0 Å². The molecule has 4 aromatic rings. The van der Waals surface area contributed by atoms with E-state index in [0.717, 1.165) is 16.5 Å². The Morgan fingerprint density at radius 1 is 1.08 bits per heavy atom. The SMILES string of the molecule is COc1cccc(NC(=O)Cc2cc3c(-c4ccc(S(=O)(=O)NC5CCS(=O)(=O)CC5)cc4)ccnc3[nH]2)c1. The summed E-state index contributed by atoms with van der Waals surface area (Å²) in [7, 11) is -5.31. The van der Waals surface area contributed by atoms with Crippen molar-refractivity contribution in [3.05, 3.63) is 72.6 Å². The summed E-state index contributed by atoms with van der Waals surface area (Å²) in [5, 5.41) is 3.66. The van der Waals surface area contributed by atoms with Crippen LogP contribution < -0.4 is 14.8 Å². The van der Waals surface area contributed by atoms with E-state index >= 15 is 0 Å². The molecule has 39 heavy (non-hydrogen) atoms. The minimum atomic E-state index is -3.79. The summed E-state index contributed by atoms with van der Waals surface area (Å²) < 4.78 is 56.9. The van der Waals surface area contributed by atoms with Gasteiger partial charge in [-0.05, 0) is 60.4 Å². The summed E-state index contributed by atoms with van der Waals surface area (Å²) in [5.41, 5.74) is 3.56. The van der Waals surface area contributed by atoms with Crippen LogP contribution in [0.25, 0.3) is 22.2 Å². The van der Waals surface area contributed by atoms with Crippen LogP contribution in [0.2, 0.25) is 0 Å². The minimum Gasteiger partial charge on any atom is -0.497 e. The van der Waals surface area contributed by atoms with Gasteiger partial charge in [0.15, 0.2) is 0 Å². The summed E-state index contributed by atoms with van der Waals surface area (Å²) in [5.74, 6) is 0.414. The van der Waals surface area contributed by atoms with E-state index in [-0.39, 0.29) is 41.6 Å². The highest BCUT2D eigenvalue weighted by Gasteiger charge is 2.27. The number of nitrogens with zero attached hydrogens (tertiary/aromatic N) is 1. The largest absolute Gasteiger partial charge is 0.497 e. The van der Waals surface area contributed by atoms with Gasteiger partial charge in [-0.2, -0.15) is 0 Å². The number of H-pyrrole nitrogens is 1. The number of methoxy groups -OCH3 is 1. The number of carbonyl (C=O) groups excluding carboxylic acids is 1. The average molecular weight is 569 g/mol. The second-order valence-corrected chi connectivity index (χ2v) is 13.5. The van der Waals surface area contributed by atoms with Crippen molar-refractivity contribution in [2.24, 2.45) is 0 Å². The van der Waals surface area contributed by atoms with Gasteiger partial charge < -0.3 is 15.0 Å². The van der Waals surface area contributed by atoms with Crippen LogP contribution in [0.5, 0.6) is 5.75 Å². The number of anilines is 1. The lowest BCUT2D eigenvalue weighted by Crippen LogP contribution is -2.40. The number of amides is 1. The number of hydrogen-bond donors (Lipinski definition) is 3. The number of aromatic nitrogens is 2. The third-order valence-electron chi connectivity index (χ3n) is 6.64. The zero-order valence-electron chi connectivity index (χ0n) is 21.2. The Labute approximate surface area is 226 Å². The number of rotatable bonds is 8. The molecule has 204 valence electrons. The molecule has 3 N–H and O–H groups in total. The number of sulfone groups is 1. The van der Waals surface area contributed by atoms with Crippen LogP contribution in [0.4, 0.5) is 5.69 Å². The first-order chi connectivity index (χ1) is 18.6. The molecule has 0 bridgehead atoms. The van der Waals surface area contributed by atoms with Gasteiger partial charge in [0.25, 0.3) is 0 Å². The number of nitrogens with one attached hydrogen (secondary N) is 3. The Balaban J connectivity index is 1.31. The van der Waals surface area contributed by atoms with Gasteiger partial charge in [-0.3, -0.25) is 4.79 Å². The molecule has 0 unspecified atom stereocenters. The fourth-order valence-corrected chi connectivity index (χ4v) is 7.41. The Kier molecular flexibility index (Phi) is 7.43. The highest BCUT2D eigenvalue weighted by Crippen LogP contribution is 2.29. The van der Waals surface area contributed by atoms with E-state index in [1.165, 1.54) is 12.1 Å². The maximum absolute atomic E-state index is 12.9.